The van der Waals surface area contributed by atoms with Crippen molar-refractivity contribution in [2.24, 2.45) is 0 Å². The molecule has 1 aromatic carbocycles. The van der Waals surface area contributed by atoms with Gasteiger partial charge in [-0.25, -0.2) is 4.79 Å². The van der Waals surface area contributed by atoms with Crippen LogP contribution in [0.3, 0.4) is 0 Å². The van der Waals surface area contributed by atoms with Gasteiger partial charge in [0.05, 0.1) is 0 Å². The van der Waals surface area contributed by atoms with E-state index in [1.165, 1.54) is 0 Å². The summed E-state index contributed by atoms with van der Waals surface area (Å²) in [5, 5.41) is 11.4. The van der Waals surface area contributed by atoms with Gasteiger partial charge in [0.25, 0.3) is 5.91 Å². The third-order valence-corrected chi connectivity index (χ3v) is 3.04. The maximum absolute atomic E-state index is 11.9. The summed E-state index contributed by atoms with van der Waals surface area (Å²) in [5.74, 6) is -0.719. The number of carboxylic acids is 1. The predicted molar refractivity (Wildman–Crippen MR) is 71.9 cm³/mol. The number of carbonyl (C=O) groups excluding carboxylic acids is 1. The van der Waals surface area contributed by atoms with Gasteiger partial charge in [-0.2, -0.15) is 0 Å². The van der Waals surface area contributed by atoms with E-state index in [4.69, 9.17) is 14.6 Å². The van der Waals surface area contributed by atoms with Crippen LogP contribution in [0.1, 0.15) is 18.4 Å². The Hall–Kier alpha value is -2.08. The number of aliphatic carboxylic acids is 1. The molecule has 1 fully saturated rings. The number of nitrogens with one attached hydrogen (secondary N) is 1. The standard InChI is InChI=1S/C14H17NO5/c1-9-7-10(20-8-13(16)17)4-5-11(9)15-14(18)12-3-2-6-19-12/h4-5,7,12H,2-3,6,8H2,1H3,(H,15,18)(H,16,17). The Morgan fingerprint density at radius 3 is 2.90 bits per heavy atom. The molecule has 1 amide bonds. The van der Waals surface area contributed by atoms with Gasteiger partial charge >= 0.3 is 5.97 Å². The lowest BCUT2D eigenvalue weighted by molar-refractivity contribution is -0.139. The lowest BCUT2D eigenvalue weighted by Gasteiger charge is -2.13. The number of carbonyl (C=O) groups is 2. The maximum Gasteiger partial charge on any atom is 0.341 e. The molecule has 20 heavy (non-hydrogen) atoms. The van der Waals surface area contributed by atoms with Crippen LogP contribution in [-0.4, -0.2) is 36.3 Å². The van der Waals surface area contributed by atoms with Crippen LogP contribution >= 0.6 is 0 Å². The molecule has 6 nitrogen and oxygen atoms in total. The van der Waals surface area contributed by atoms with E-state index >= 15 is 0 Å². The maximum atomic E-state index is 11.9. The van der Waals surface area contributed by atoms with Crippen molar-refractivity contribution in [3.8, 4) is 5.75 Å². The highest BCUT2D eigenvalue weighted by atomic mass is 16.5. The third-order valence-electron chi connectivity index (χ3n) is 3.04. The first-order valence-electron chi connectivity index (χ1n) is 6.44. The van der Waals surface area contributed by atoms with Crippen molar-refractivity contribution in [1.82, 2.24) is 0 Å². The molecule has 1 aromatic rings. The molecular weight excluding hydrogens is 262 g/mol. The van der Waals surface area contributed by atoms with Crippen LogP contribution in [0.15, 0.2) is 18.2 Å². The molecular formula is C14H17NO5. The second-order valence-corrected chi connectivity index (χ2v) is 4.65. The largest absolute Gasteiger partial charge is 0.482 e. The first-order chi connectivity index (χ1) is 9.56. The Bertz CT molecular complexity index is 508. The number of hydrogen-bond donors (Lipinski definition) is 2. The van der Waals surface area contributed by atoms with E-state index in [2.05, 4.69) is 5.32 Å². The van der Waals surface area contributed by atoms with Gasteiger partial charge in [0.15, 0.2) is 6.61 Å². The average molecular weight is 279 g/mol. The van der Waals surface area contributed by atoms with E-state index in [-0.39, 0.29) is 18.6 Å². The number of ether oxygens (including phenoxy) is 2. The molecule has 6 heteroatoms. The molecule has 1 aliphatic heterocycles. The molecule has 1 aliphatic rings. The minimum Gasteiger partial charge on any atom is -0.482 e. The molecule has 1 unspecified atom stereocenters. The SMILES string of the molecule is Cc1cc(OCC(=O)O)ccc1NC(=O)C1CCCO1. The van der Waals surface area contributed by atoms with Gasteiger partial charge in [0.1, 0.15) is 11.9 Å². The lowest BCUT2D eigenvalue weighted by atomic mass is 10.1. The highest BCUT2D eigenvalue weighted by Gasteiger charge is 2.23. The number of benzene rings is 1. The quantitative estimate of drug-likeness (QED) is 0.854. The van der Waals surface area contributed by atoms with Crippen molar-refractivity contribution in [3.05, 3.63) is 23.8 Å². The van der Waals surface area contributed by atoms with Crippen molar-refractivity contribution in [3.63, 3.8) is 0 Å². The second-order valence-electron chi connectivity index (χ2n) is 4.65. The Labute approximate surface area is 116 Å². The monoisotopic (exact) mass is 279 g/mol. The van der Waals surface area contributed by atoms with Crippen LogP contribution in [-0.2, 0) is 14.3 Å². The first-order valence-corrected chi connectivity index (χ1v) is 6.44. The Morgan fingerprint density at radius 1 is 1.50 bits per heavy atom. The molecule has 1 atom stereocenters. The van der Waals surface area contributed by atoms with Gasteiger partial charge in [0.2, 0.25) is 0 Å². The molecule has 0 radical (unpaired) electrons. The van der Waals surface area contributed by atoms with Gasteiger partial charge in [0, 0.05) is 12.3 Å². The van der Waals surface area contributed by atoms with E-state index < -0.39 is 5.97 Å². The highest BCUT2D eigenvalue weighted by molar-refractivity contribution is 5.95. The minimum atomic E-state index is -1.03. The number of amides is 1. The fourth-order valence-corrected chi connectivity index (χ4v) is 2.01. The Morgan fingerprint density at radius 2 is 2.30 bits per heavy atom. The van der Waals surface area contributed by atoms with Gasteiger partial charge in [-0.1, -0.05) is 0 Å². The molecule has 0 aliphatic carbocycles. The number of rotatable bonds is 5. The zero-order valence-electron chi connectivity index (χ0n) is 11.2. The van der Waals surface area contributed by atoms with Gasteiger partial charge in [-0.15, -0.1) is 0 Å². The molecule has 0 aromatic heterocycles. The topological polar surface area (TPSA) is 84.9 Å². The van der Waals surface area contributed by atoms with Crippen molar-refractivity contribution in [1.29, 1.82) is 0 Å². The van der Waals surface area contributed by atoms with Gasteiger partial charge in [-0.05, 0) is 43.5 Å². The van der Waals surface area contributed by atoms with E-state index in [0.717, 1.165) is 18.4 Å². The van der Waals surface area contributed by atoms with E-state index in [1.54, 1.807) is 18.2 Å². The Balaban J connectivity index is 1.98. The second kappa shape index (κ2) is 6.38. The van der Waals surface area contributed by atoms with Crippen LogP contribution in [0.5, 0.6) is 5.75 Å². The van der Waals surface area contributed by atoms with Gasteiger partial charge < -0.3 is 19.9 Å². The first kappa shape index (κ1) is 14.3. The van der Waals surface area contributed by atoms with Gasteiger partial charge in [-0.3, -0.25) is 4.79 Å². The third kappa shape index (κ3) is 3.71. The number of aryl methyl sites for hydroxylation is 1. The van der Waals surface area contributed by atoms with E-state index in [0.29, 0.717) is 18.0 Å². The summed E-state index contributed by atoms with van der Waals surface area (Å²) in [6, 6.07) is 5.01. The summed E-state index contributed by atoms with van der Waals surface area (Å²) in [6.07, 6.45) is 1.27. The molecule has 0 bridgehead atoms. The zero-order valence-corrected chi connectivity index (χ0v) is 11.2. The highest BCUT2D eigenvalue weighted by Crippen LogP contribution is 2.22. The van der Waals surface area contributed by atoms with Crippen LogP contribution in [0.25, 0.3) is 0 Å². The van der Waals surface area contributed by atoms with E-state index in [9.17, 15) is 9.59 Å². The van der Waals surface area contributed by atoms with E-state index in [1.807, 2.05) is 6.92 Å². The lowest BCUT2D eigenvalue weighted by Crippen LogP contribution is -2.27. The van der Waals surface area contributed by atoms with Crippen molar-refractivity contribution in [2.45, 2.75) is 25.9 Å². The Kier molecular flexibility index (Phi) is 4.57. The molecule has 108 valence electrons. The van der Waals surface area contributed by atoms with Crippen LogP contribution < -0.4 is 10.1 Å². The number of carboxylic acid groups (broad SMARTS) is 1. The van der Waals surface area contributed by atoms with Crippen molar-refractivity contribution >= 4 is 17.6 Å². The molecule has 2 rings (SSSR count). The summed E-state index contributed by atoms with van der Waals surface area (Å²) in [6.45, 7) is 2.05. The van der Waals surface area contributed by atoms with Crippen LogP contribution in [0.4, 0.5) is 5.69 Å². The summed E-state index contributed by atoms with van der Waals surface area (Å²) < 4.78 is 10.4. The molecule has 0 spiro atoms. The summed E-state index contributed by atoms with van der Waals surface area (Å²) in [5.41, 5.74) is 1.48. The fourth-order valence-electron chi connectivity index (χ4n) is 2.01. The normalized spacial score (nSPS) is 17.8. The molecule has 1 heterocycles. The predicted octanol–water partition coefficient (Wildman–Crippen LogP) is 1.58. The van der Waals surface area contributed by atoms with Crippen molar-refractivity contribution < 1.29 is 24.2 Å². The summed E-state index contributed by atoms with van der Waals surface area (Å²) >= 11 is 0. The molecule has 1 saturated heterocycles. The summed E-state index contributed by atoms with van der Waals surface area (Å²) in [4.78, 5) is 22.3. The number of hydrogen-bond acceptors (Lipinski definition) is 4. The van der Waals surface area contributed by atoms with Crippen LogP contribution in [0.2, 0.25) is 0 Å². The van der Waals surface area contributed by atoms with Crippen LogP contribution in [0, 0.1) is 6.92 Å². The van der Waals surface area contributed by atoms with Crippen molar-refractivity contribution in [2.75, 3.05) is 18.5 Å². The number of anilines is 1. The molecule has 2 N–H and O–H groups in total. The minimum absolute atomic E-state index is 0.148. The fraction of sp³-hybridized carbons (Fsp3) is 0.429. The summed E-state index contributed by atoms with van der Waals surface area (Å²) in [7, 11) is 0. The molecule has 0 saturated carbocycles. The smallest absolute Gasteiger partial charge is 0.341 e. The zero-order chi connectivity index (χ0) is 14.5. The average Bonchev–Trinajstić information content (AvgIpc) is 2.93.